The first kappa shape index (κ1) is 18.2. The van der Waals surface area contributed by atoms with Gasteiger partial charge in [-0.1, -0.05) is 26.2 Å². The number of nitrogens with zero attached hydrogens (tertiary/aromatic N) is 2. The summed E-state index contributed by atoms with van der Waals surface area (Å²) in [5.41, 5.74) is 0. The fourth-order valence-corrected chi connectivity index (χ4v) is 3.38. The molecule has 23 heavy (non-hydrogen) atoms. The molecule has 0 bridgehead atoms. The van der Waals surface area contributed by atoms with Gasteiger partial charge in [-0.2, -0.15) is 0 Å². The molecule has 2 fully saturated rings. The van der Waals surface area contributed by atoms with E-state index in [4.69, 9.17) is 0 Å². The van der Waals surface area contributed by atoms with Crippen LogP contribution >= 0.6 is 0 Å². The van der Waals surface area contributed by atoms with Crippen LogP contribution in [0.1, 0.15) is 45.4 Å². The molecule has 2 N–H and O–H groups in total. The van der Waals surface area contributed by atoms with Crippen molar-refractivity contribution in [1.82, 2.24) is 20.4 Å². The Balaban J connectivity index is 1.53. The number of carbonyl (C=O) groups is 2. The van der Waals surface area contributed by atoms with Crippen LogP contribution in [0.3, 0.4) is 0 Å². The molecule has 6 nitrogen and oxygen atoms in total. The van der Waals surface area contributed by atoms with Crippen molar-refractivity contribution in [2.24, 2.45) is 0 Å². The molecule has 1 aliphatic carbocycles. The molecule has 1 saturated heterocycles. The fourth-order valence-electron chi connectivity index (χ4n) is 3.38. The van der Waals surface area contributed by atoms with Crippen LogP contribution in [-0.2, 0) is 9.59 Å². The maximum absolute atomic E-state index is 11.9. The highest BCUT2D eigenvalue weighted by molar-refractivity contribution is 5.80. The van der Waals surface area contributed by atoms with E-state index >= 15 is 0 Å². The Hall–Kier alpha value is -1.14. The maximum atomic E-state index is 11.9. The van der Waals surface area contributed by atoms with Crippen molar-refractivity contribution in [3.05, 3.63) is 0 Å². The predicted molar refractivity (Wildman–Crippen MR) is 91.2 cm³/mol. The summed E-state index contributed by atoms with van der Waals surface area (Å²) >= 11 is 0. The van der Waals surface area contributed by atoms with Gasteiger partial charge in [-0.05, 0) is 19.4 Å². The molecule has 0 aromatic carbocycles. The molecule has 6 heteroatoms. The zero-order chi connectivity index (χ0) is 16.5. The van der Waals surface area contributed by atoms with Gasteiger partial charge in [0.15, 0.2) is 0 Å². The summed E-state index contributed by atoms with van der Waals surface area (Å²) < 4.78 is 0. The van der Waals surface area contributed by atoms with E-state index in [0.717, 1.165) is 45.6 Å². The highest BCUT2D eigenvalue weighted by Crippen LogP contribution is 2.17. The molecule has 1 heterocycles. The lowest BCUT2D eigenvalue weighted by Gasteiger charge is -2.33. The Labute approximate surface area is 140 Å². The van der Waals surface area contributed by atoms with Crippen molar-refractivity contribution in [1.29, 1.82) is 0 Å². The van der Waals surface area contributed by atoms with Gasteiger partial charge in [0.1, 0.15) is 0 Å². The monoisotopic (exact) mass is 324 g/mol. The van der Waals surface area contributed by atoms with Crippen molar-refractivity contribution >= 4 is 11.8 Å². The summed E-state index contributed by atoms with van der Waals surface area (Å²) in [5.74, 6) is 0.0918. The van der Waals surface area contributed by atoms with E-state index < -0.39 is 0 Å². The van der Waals surface area contributed by atoms with E-state index in [1.165, 1.54) is 19.3 Å². The number of carbonyl (C=O) groups excluding carboxylic acids is 2. The summed E-state index contributed by atoms with van der Waals surface area (Å²) in [7, 11) is 0. The molecule has 132 valence electrons. The Morgan fingerprint density at radius 3 is 2.26 bits per heavy atom. The van der Waals surface area contributed by atoms with Crippen molar-refractivity contribution in [2.45, 2.75) is 51.5 Å². The molecule has 0 radical (unpaired) electrons. The highest BCUT2D eigenvalue weighted by Gasteiger charge is 2.18. The fraction of sp³-hybridized carbons (Fsp3) is 0.882. The molecule has 0 aromatic rings. The molecular formula is C17H32N4O2. The number of likely N-dealkylation sites (N-methyl/N-ethyl adjacent to an activating group) is 1. The maximum Gasteiger partial charge on any atom is 0.234 e. The van der Waals surface area contributed by atoms with Gasteiger partial charge in [0.2, 0.25) is 11.8 Å². The second kappa shape index (κ2) is 9.88. The van der Waals surface area contributed by atoms with Crippen LogP contribution in [0.4, 0.5) is 0 Å². The molecular weight excluding hydrogens is 292 g/mol. The van der Waals surface area contributed by atoms with E-state index in [1.54, 1.807) is 0 Å². The van der Waals surface area contributed by atoms with Gasteiger partial charge in [0, 0.05) is 45.2 Å². The molecule has 1 saturated carbocycles. The first-order chi connectivity index (χ1) is 11.2. The van der Waals surface area contributed by atoms with Gasteiger partial charge in [-0.15, -0.1) is 0 Å². The van der Waals surface area contributed by atoms with E-state index in [9.17, 15) is 9.59 Å². The molecule has 0 spiro atoms. The molecule has 1 aliphatic heterocycles. The van der Waals surface area contributed by atoms with E-state index in [1.807, 2.05) is 0 Å². The summed E-state index contributed by atoms with van der Waals surface area (Å²) in [5, 5.41) is 5.95. The number of piperazine rings is 1. The van der Waals surface area contributed by atoms with E-state index in [0.29, 0.717) is 25.6 Å². The quantitative estimate of drug-likeness (QED) is 0.719. The number of amides is 2. The second-order valence-electron chi connectivity index (χ2n) is 6.71. The van der Waals surface area contributed by atoms with Crippen molar-refractivity contribution < 1.29 is 9.59 Å². The second-order valence-corrected chi connectivity index (χ2v) is 6.71. The minimum Gasteiger partial charge on any atom is -0.354 e. The number of hydrogen-bond donors (Lipinski definition) is 2. The van der Waals surface area contributed by atoms with Gasteiger partial charge in [0.05, 0.1) is 6.54 Å². The molecule has 2 rings (SSSR count). The van der Waals surface area contributed by atoms with Gasteiger partial charge in [-0.3, -0.25) is 14.5 Å². The topological polar surface area (TPSA) is 64.7 Å². The Bertz CT molecular complexity index is 375. The minimum atomic E-state index is 0.0282. The highest BCUT2D eigenvalue weighted by atomic mass is 16.2. The Kier molecular flexibility index (Phi) is 7.82. The first-order valence-corrected chi connectivity index (χ1v) is 9.18. The standard InChI is InChI=1S/C17H32N4O2/c1-2-20-10-12-21(13-11-20)14-17(23)18-9-8-16(22)19-15-6-4-3-5-7-15/h15H,2-14H2,1H3,(H,18,23)(H,19,22). The third kappa shape index (κ3) is 6.87. The van der Waals surface area contributed by atoms with Crippen LogP contribution in [-0.4, -0.2) is 73.5 Å². The van der Waals surface area contributed by atoms with E-state index in [-0.39, 0.29) is 11.8 Å². The van der Waals surface area contributed by atoms with Gasteiger partial charge in [-0.25, -0.2) is 0 Å². The van der Waals surface area contributed by atoms with E-state index in [2.05, 4.69) is 27.4 Å². The van der Waals surface area contributed by atoms with Crippen molar-refractivity contribution in [3.8, 4) is 0 Å². The average Bonchev–Trinajstić information content (AvgIpc) is 2.56. The summed E-state index contributed by atoms with van der Waals surface area (Å²) in [6.45, 7) is 8.10. The predicted octanol–water partition coefficient (Wildman–Crippen LogP) is 0.579. The lowest BCUT2D eigenvalue weighted by Crippen LogP contribution is -2.49. The Morgan fingerprint density at radius 1 is 0.957 bits per heavy atom. The van der Waals surface area contributed by atoms with Crippen molar-refractivity contribution in [2.75, 3.05) is 45.8 Å². The molecule has 0 unspecified atom stereocenters. The van der Waals surface area contributed by atoms with Crippen LogP contribution < -0.4 is 10.6 Å². The SMILES string of the molecule is CCN1CCN(CC(=O)NCCC(=O)NC2CCCCC2)CC1. The lowest BCUT2D eigenvalue weighted by atomic mass is 9.95. The molecule has 0 aromatic heterocycles. The zero-order valence-corrected chi connectivity index (χ0v) is 14.5. The summed E-state index contributed by atoms with van der Waals surface area (Å²) in [4.78, 5) is 28.4. The van der Waals surface area contributed by atoms with Crippen LogP contribution in [0.15, 0.2) is 0 Å². The third-order valence-corrected chi connectivity index (χ3v) is 4.92. The van der Waals surface area contributed by atoms with Crippen LogP contribution in [0.2, 0.25) is 0 Å². The summed E-state index contributed by atoms with van der Waals surface area (Å²) in [6.07, 6.45) is 6.30. The summed E-state index contributed by atoms with van der Waals surface area (Å²) in [6, 6.07) is 0.349. The van der Waals surface area contributed by atoms with Crippen molar-refractivity contribution in [3.63, 3.8) is 0 Å². The third-order valence-electron chi connectivity index (χ3n) is 4.92. The average molecular weight is 324 g/mol. The van der Waals surface area contributed by atoms with Crippen LogP contribution in [0.5, 0.6) is 0 Å². The minimum absolute atomic E-state index is 0.0282. The normalized spacial score (nSPS) is 21.1. The number of rotatable bonds is 7. The number of hydrogen-bond acceptors (Lipinski definition) is 4. The Morgan fingerprint density at radius 2 is 1.61 bits per heavy atom. The van der Waals surface area contributed by atoms with Gasteiger partial charge >= 0.3 is 0 Å². The van der Waals surface area contributed by atoms with Gasteiger partial charge in [0.25, 0.3) is 0 Å². The molecule has 0 atom stereocenters. The zero-order valence-electron chi connectivity index (χ0n) is 14.5. The lowest BCUT2D eigenvalue weighted by molar-refractivity contribution is -0.123. The number of nitrogens with one attached hydrogen (secondary N) is 2. The van der Waals surface area contributed by atoms with Gasteiger partial charge < -0.3 is 15.5 Å². The molecule has 2 aliphatic rings. The first-order valence-electron chi connectivity index (χ1n) is 9.18. The van der Waals surface area contributed by atoms with Crippen LogP contribution in [0.25, 0.3) is 0 Å². The molecule has 2 amide bonds. The van der Waals surface area contributed by atoms with Crippen LogP contribution in [0, 0.1) is 0 Å². The largest absolute Gasteiger partial charge is 0.354 e. The smallest absolute Gasteiger partial charge is 0.234 e.